The molecule has 3 nitrogen and oxygen atoms in total. The summed E-state index contributed by atoms with van der Waals surface area (Å²) < 4.78 is 2.73. The van der Waals surface area contributed by atoms with Gasteiger partial charge in [0.05, 0.1) is 0 Å². The van der Waals surface area contributed by atoms with Crippen molar-refractivity contribution in [2.75, 3.05) is 13.1 Å². The summed E-state index contributed by atoms with van der Waals surface area (Å²) in [4.78, 5) is 11.4. The summed E-state index contributed by atoms with van der Waals surface area (Å²) >= 11 is 3.36. The molecule has 4 heteroatoms. The number of nitrogens with one attached hydrogen (secondary N) is 1. The Hall–Kier alpha value is -0.610. The van der Waals surface area contributed by atoms with E-state index in [1.807, 2.05) is 6.20 Å². The second-order valence-electron chi connectivity index (χ2n) is 3.69. The van der Waals surface area contributed by atoms with E-state index in [1.54, 1.807) is 16.7 Å². The summed E-state index contributed by atoms with van der Waals surface area (Å²) in [6.45, 7) is 3.02. The normalized spacial score (nSPS) is 16.6. The van der Waals surface area contributed by atoms with Crippen molar-refractivity contribution in [1.82, 2.24) is 9.88 Å². The van der Waals surface area contributed by atoms with Gasteiger partial charge in [-0.25, -0.2) is 0 Å². The molecule has 0 saturated carbocycles. The van der Waals surface area contributed by atoms with Crippen LogP contribution in [0.4, 0.5) is 0 Å². The molecular formula is C10H13BrN2O. The Labute approximate surface area is 91.3 Å². The monoisotopic (exact) mass is 256 g/mol. The number of rotatable bonds is 3. The fourth-order valence-corrected chi connectivity index (χ4v) is 1.93. The van der Waals surface area contributed by atoms with Gasteiger partial charge in [-0.3, -0.25) is 4.79 Å². The van der Waals surface area contributed by atoms with Gasteiger partial charge in [-0.15, -0.1) is 0 Å². The lowest BCUT2D eigenvalue weighted by Crippen LogP contribution is -2.42. The number of hydrogen-bond donors (Lipinski definition) is 1. The summed E-state index contributed by atoms with van der Waals surface area (Å²) in [5.74, 6) is 0.751. The molecule has 0 unspecified atom stereocenters. The molecule has 14 heavy (non-hydrogen) atoms. The van der Waals surface area contributed by atoms with E-state index in [0.717, 1.165) is 36.4 Å². The third-order valence-electron chi connectivity index (χ3n) is 2.59. The summed E-state index contributed by atoms with van der Waals surface area (Å²) in [6.07, 6.45) is 2.94. The lowest BCUT2D eigenvalue weighted by atomic mass is 9.99. The van der Waals surface area contributed by atoms with Gasteiger partial charge in [-0.1, -0.05) is 0 Å². The van der Waals surface area contributed by atoms with Gasteiger partial charge in [0.1, 0.15) is 0 Å². The van der Waals surface area contributed by atoms with E-state index in [0.29, 0.717) is 0 Å². The van der Waals surface area contributed by atoms with Crippen LogP contribution in [0.2, 0.25) is 0 Å². The van der Waals surface area contributed by atoms with Gasteiger partial charge in [0, 0.05) is 23.3 Å². The third-order valence-corrected chi connectivity index (χ3v) is 3.06. The standard InChI is InChI=1S/C10H13BrN2O/c11-9-1-2-10(14)13(7-9)4-3-8-5-12-6-8/h1-2,7-8,12H,3-6H2. The van der Waals surface area contributed by atoms with Gasteiger partial charge >= 0.3 is 0 Å². The molecule has 0 atom stereocenters. The number of aromatic nitrogens is 1. The van der Waals surface area contributed by atoms with Gasteiger partial charge in [0.15, 0.2) is 0 Å². The van der Waals surface area contributed by atoms with Crippen molar-refractivity contribution in [1.29, 1.82) is 0 Å². The molecule has 1 aromatic heterocycles. The molecule has 1 fully saturated rings. The maximum absolute atomic E-state index is 11.4. The highest BCUT2D eigenvalue weighted by Gasteiger charge is 2.16. The van der Waals surface area contributed by atoms with Gasteiger partial charge in [-0.2, -0.15) is 0 Å². The number of pyridine rings is 1. The Balaban J connectivity index is 2.00. The highest BCUT2D eigenvalue weighted by atomic mass is 79.9. The van der Waals surface area contributed by atoms with Crippen LogP contribution < -0.4 is 10.9 Å². The van der Waals surface area contributed by atoms with Crippen molar-refractivity contribution in [2.45, 2.75) is 13.0 Å². The molecule has 0 bridgehead atoms. The van der Waals surface area contributed by atoms with Gasteiger partial charge in [0.25, 0.3) is 5.56 Å². The first-order valence-electron chi connectivity index (χ1n) is 4.82. The Morgan fingerprint density at radius 1 is 1.50 bits per heavy atom. The van der Waals surface area contributed by atoms with Crippen LogP contribution in [-0.2, 0) is 6.54 Å². The van der Waals surface area contributed by atoms with E-state index < -0.39 is 0 Å². The van der Waals surface area contributed by atoms with Crippen LogP contribution in [0, 0.1) is 5.92 Å². The molecule has 1 aliphatic heterocycles. The third kappa shape index (κ3) is 2.25. The van der Waals surface area contributed by atoms with Gasteiger partial charge < -0.3 is 9.88 Å². The molecule has 1 N–H and O–H groups in total. The number of halogens is 1. The summed E-state index contributed by atoms with van der Waals surface area (Å²) in [5.41, 5.74) is 0.0838. The van der Waals surface area contributed by atoms with Crippen molar-refractivity contribution in [3.63, 3.8) is 0 Å². The van der Waals surface area contributed by atoms with Crippen LogP contribution in [-0.4, -0.2) is 17.7 Å². The van der Waals surface area contributed by atoms with Crippen molar-refractivity contribution in [3.8, 4) is 0 Å². The zero-order valence-electron chi connectivity index (χ0n) is 7.87. The van der Waals surface area contributed by atoms with Crippen LogP contribution in [0.5, 0.6) is 0 Å². The molecule has 1 aliphatic rings. The van der Waals surface area contributed by atoms with Gasteiger partial charge in [-0.05, 0) is 47.4 Å². The minimum atomic E-state index is 0.0838. The minimum Gasteiger partial charge on any atom is -0.316 e. The molecule has 1 saturated heterocycles. The van der Waals surface area contributed by atoms with E-state index in [2.05, 4.69) is 21.2 Å². The smallest absolute Gasteiger partial charge is 0.250 e. The van der Waals surface area contributed by atoms with E-state index in [1.165, 1.54) is 0 Å². The fourth-order valence-electron chi connectivity index (χ4n) is 1.55. The molecule has 0 aliphatic carbocycles. The van der Waals surface area contributed by atoms with E-state index in [9.17, 15) is 4.79 Å². The van der Waals surface area contributed by atoms with E-state index in [4.69, 9.17) is 0 Å². The minimum absolute atomic E-state index is 0.0838. The number of aryl methyl sites for hydroxylation is 1. The first kappa shape index (κ1) is 9.93. The molecule has 76 valence electrons. The first-order valence-corrected chi connectivity index (χ1v) is 5.62. The van der Waals surface area contributed by atoms with E-state index in [-0.39, 0.29) is 5.56 Å². The average molecular weight is 257 g/mol. The van der Waals surface area contributed by atoms with Crippen LogP contribution in [0.1, 0.15) is 6.42 Å². The van der Waals surface area contributed by atoms with Crippen LogP contribution in [0.15, 0.2) is 27.6 Å². The molecule has 1 aromatic rings. The van der Waals surface area contributed by atoms with Crippen molar-refractivity contribution >= 4 is 15.9 Å². The first-order chi connectivity index (χ1) is 6.75. The molecule has 0 spiro atoms. The molecule has 0 radical (unpaired) electrons. The maximum atomic E-state index is 11.4. The van der Waals surface area contributed by atoms with Crippen molar-refractivity contribution < 1.29 is 0 Å². The van der Waals surface area contributed by atoms with Crippen LogP contribution >= 0.6 is 15.9 Å². The SMILES string of the molecule is O=c1ccc(Br)cn1CCC1CNC1. The second kappa shape index (κ2) is 4.28. The average Bonchev–Trinajstić information content (AvgIpc) is 2.08. The molecule has 2 rings (SSSR count). The summed E-state index contributed by atoms with van der Waals surface area (Å²) in [7, 11) is 0. The van der Waals surface area contributed by atoms with Crippen LogP contribution in [0.25, 0.3) is 0 Å². The van der Waals surface area contributed by atoms with Gasteiger partial charge in [0.2, 0.25) is 0 Å². The second-order valence-corrected chi connectivity index (χ2v) is 4.61. The lowest BCUT2D eigenvalue weighted by molar-refractivity contribution is 0.310. The Morgan fingerprint density at radius 2 is 2.29 bits per heavy atom. The maximum Gasteiger partial charge on any atom is 0.250 e. The molecule has 2 heterocycles. The Morgan fingerprint density at radius 3 is 2.93 bits per heavy atom. The Bertz CT molecular complexity index is 371. The van der Waals surface area contributed by atoms with Crippen LogP contribution in [0.3, 0.4) is 0 Å². The summed E-state index contributed by atoms with van der Waals surface area (Å²) in [5, 5.41) is 3.23. The molecule has 0 amide bonds. The zero-order valence-corrected chi connectivity index (χ0v) is 9.46. The highest BCUT2D eigenvalue weighted by Crippen LogP contribution is 2.10. The van der Waals surface area contributed by atoms with Crippen molar-refractivity contribution in [3.05, 3.63) is 33.2 Å². The predicted octanol–water partition coefficient (Wildman–Crippen LogP) is 1.22. The lowest BCUT2D eigenvalue weighted by Gasteiger charge is -2.27. The molecule has 0 aromatic carbocycles. The largest absolute Gasteiger partial charge is 0.316 e. The Kier molecular flexibility index (Phi) is 3.03. The molecular weight excluding hydrogens is 244 g/mol. The summed E-state index contributed by atoms with van der Waals surface area (Å²) in [6, 6.07) is 3.38. The van der Waals surface area contributed by atoms with Crippen molar-refractivity contribution in [2.24, 2.45) is 5.92 Å². The number of nitrogens with zero attached hydrogens (tertiary/aromatic N) is 1. The zero-order chi connectivity index (χ0) is 9.97. The highest BCUT2D eigenvalue weighted by molar-refractivity contribution is 9.10. The quantitative estimate of drug-likeness (QED) is 0.883. The number of hydrogen-bond acceptors (Lipinski definition) is 2. The topological polar surface area (TPSA) is 34.0 Å². The van der Waals surface area contributed by atoms with E-state index >= 15 is 0 Å². The predicted molar refractivity (Wildman–Crippen MR) is 59.4 cm³/mol. The fraction of sp³-hybridized carbons (Fsp3) is 0.500.